The van der Waals surface area contributed by atoms with Gasteiger partial charge in [0.25, 0.3) is 0 Å². The quantitative estimate of drug-likeness (QED) is 0.664. The fourth-order valence-corrected chi connectivity index (χ4v) is 4.61. The maximum absolute atomic E-state index is 11.8. The Hall–Kier alpha value is -0.520. The second-order valence-corrected chi connectivity index (χ2v) is 8.98. The molecule has 0 saturated carbocycles. The Balaban J connectivity index is 2.71. The smallest absolute Gasteiger partial charge is 0.247 e. The summed E-state index contributed by atoms with van der Waals surface area (Å²) >= 11 is 0.952. The van der Waals surface area contributed by atoms with Crippen LogP contribution in [0.2, 0.25) is 0 Å². The van der Waals surface area contributed by atoms with Crippen LogP contribution in [-0.4, -0.2) is 36.3 Å². The zero-order chi connectivity index (χ0) is 15.4. The lowest BCUT2D eigenvalue weighted by molar-refractivity contribution is 0.199. The first kappa shape index (κ1) is 17.5. The third kappa shape index (κ3) is 5.46. The molecule has 20 heavy (non-hydrogen) atoms. The van der Waals surface area contributed by atoms with Crippen LogP contribution in [0.3, 0.4) is 0 Å². The van der Waals surface area contributed by atoms with Gasteiger partial charge in [0, 0.05) is 18.6 Å². The number of nitrogens with one attached hydrogen (secondary N) is 1. The van der Waals surface area contributed by atoms with Gasteiger partial charge in [0.2, 0.25) is 20.0 Å². The highest BCUT2D eigenvalue weighted by Crippen LogP contribution is 2.26. The van der Waals surface area contributed by atoms with Crippen LogP contribution in [0.25, 0.3) is 0 Å². The maximum atomic E-state index is 11.8. The highest BCUT2D eigenvalue weighted by molar-refractivity contribution is 7.91. The first-order valence-corrected chi connectivity index (χ1v) is 9.78. The predicted molar refractivity (Wildman–Crippen MR) is 77.5 cm³/mol. The number of primary sulfonamides is 1. The minimum Gasteiger partial charge on any atom is -0.385 e. The molecule has 0 spiro atoms. The van der Waals surface area contributed by atoms with Gasteiger partial charge in [-0.25, -0.2) is 26.7 Å². The molecule has 0 aliphatic heterocycles. The molecule has 1 aromatic rings. The molecule has 10 heteroatoms. The Morgan fingerprint density at radius 2 is 2.00 bits per heavy atom. The van der Waals surface area contributed by atoms with Gasteiger partial charge in [-0.3, -0.25) is 0 Å². The van der Waals surface area contributed by atoms with E-state index < -0.39 is 26.1 Å². The van der Waals surface area contributed by atoms with Crippen molar-refractivity contribution in [2.75, 3.05) is 19.5 Å². The van der Waals surface area contributed by atoms with Crippen molar-refractivity contribution in [3.05, 3.63) is 17.0 Å². The van der Waals surface area contributed by atoms with Gasteiger partial charge >= 0.3 is 0 Å². The molecule has 1 rings (SSSR count). The Labute approximate surface area is 123 Å². The minimum atomic E-state index is -3.75. The van der Waals surface area contributed by atoms with Crippen LogP contribution in [0.15, 0.2) is 16.3 Å². The molecule has 1 atom stereocenters. The lowest BCUT2D eigenvalue weighted by Gasteiger charge is -2.12. The summed E-state index contributed by atoms with van der Waals surface area (Å²) in [7, 11) is -5.68. The molecule has 7 nitrogen and oxygen atoms in total. The van der Waals surface area contributed by atoms with Crippen LogP contribution < -0.4 is 9.86 Å². The molecule has 0 radical (unpaired) electrons. The summed E-state index contributed by atoms with van der Waals surface area (Å²) in [6, 6.07) is 2.40. The fourth-order valence-electron chi connectivity index (χ4n) is 1.50. The van der Waals surface area contributed by atoms with Crippen LogP contribution in [0.4, 0.5) is 0 Å². The highest BCUT2D eigenvalue weighted by Gasteiger charge is 2.19. The van der Waals surface area contributed by atoms with E-state index in [0.29, 0.717) is 17.9 Å². The molecule has 3 N–H and O–H groups in total. The first-order chi connectivity index (χ1) is 9.15. The van der Waals surface area contributed by atoms with Crippen molar-refractivity contribution in [3.8, 4) is 0 Å². The summed E-state index contributed by atoms with van der Waals surface area (Å²) in [6.45, 7) is 2.01. The molecule has 0 aliphatic carbocycles. The van der Waals surface area contributed by atoms with Crippen molar-refractivity contribution in [1.82, 2.24) is 4.72 Å². The van der Waals surface area contributed by atoms with E-state index in [1.165, 1.54) is 13.2 Å². The Bertz CT molecular complexity index is 636. The van der Waals surface area contributed by atoms with Gasteiger partial charge in [-0.15, -0.1) is 11.3 Å². The lowest BCUT2D eigenvalue weighted by Crippen LogP contribution is -2.29. The van der Waals surface area contributed by atoms with Crippen LogP contribution in [-0.2, 0) is 24.8 Å². The second kappa shape index (κ2) is 6.96. The summed E-state index contributed by atoms with van der Waals surface area (Å²) in [4.78, 5) is 0.587. The summed E-state index contributed by atoms with van der Waals surface area (Å²) in [5, 5.41) is 5.01. The third-order valence-corrected chi connectivity index (χ3v) is 6.67. The number of thiophene rings is 1. The van der Waals surface area contributed by atoms with Gasteiger partial charge in [-0.1, -0.05) is 0 Å². The fraction of sp³-hybridized carbons (Fsp3) is 0.600. The Kier molecular flexibility index (Phi) is 6.10. The topological polar surface area (TPSA) is 116 Å². The monoisotopic (exact) mass is 342 g/mol. The van der Waals surface area contributed by atoms with E-state index in [0.717, 1.165) is 11.3 Å². The van der Waals surface area contributed by atoms with E-state index in [-0.39, 0.29) is 9.96 Å². The van der Waals surface area contributed by atoms with Crippen LogP contribution >= 0.6 is 11.3 Å². The molecular formula is C10H18N2O5S3. The lowest BCUT2D eigenvalue weighted by atomic mass is 10.3. The molecule has 0 saturated heterocycles. The van der Waals surface area contributed by atoms with E-state index >= 15 is 0 Å². The predicted octanol–water partition coefficient (Wildman–Crippen LogP) is 0.412. The third-order valence-electron chi connectivity index (χ3n) is 2.43. The molecular weight excluding hydrogens is 324 g/mol. The maximum Gasteiger partial charge on any atom is 0.247 e. The summed E-state index contributed by atoms with van der Waals surface area (Å²) < 4.78 is 53.2. The van der Waals surface area contributed by atoms with Gasteiger partial charge in [-0.05, 0) is 25.5 Å². The number of hydrogen-bond acceptors (Lipinski definition) is 6. The van der Waals surface area contributed by atoms with Gasteiger partial charge in [0.1, 0.15) is 4.21 Å². The summed E-state index contributed by atoms with van der Waals surface area (Å²) in [5.74, 6) is -0.0431. The normalized spacial score (nSPS) is 14.3. The van der Waals surface area contributed by atoms with Gasteiger partial charge in [0.05, 0.1) is 11.8 Å². The number of rotatable bonds is 8. The minimum absolute atomic E-state index is 0.0120. The van der Waals surface area contributed by atoms with Crippen molar-refractivity contribution < 1.29 is 21.6 Å². The Morgan fingerprint density at radius 3 is 2.50 bits per heavy atom. The average Bonchev–Trinajstić information content (AvgIpc) is 2.77. The number of nitrogens with two attached hydrogens (primary N) is 1. The molecule has 0 aliphatic rings. The van der Waals surface area contributed by atoms with E-state index in [9.17, 15) is 16.8 Å². The second-order valence-electron chi connectivity index (χ2n) is 4.21. The van der Waals surface area contributed by atoms with Gasteiger partial charge in [-0.2, -0.15) is 0 Å². The van der Waals surface area contributed by atoms with Crippen molar-refractivity contribution >= 4 is 31.4 Å². The first-order valence-electron chi connectivity index (χ1n) is 5.77. The molecule has 1 heterocycles. The van der Waals surface area contributed by atoms with Crippen molar-refractivity contribution in [2.24, 2.45) is 5.14 Å². The van der Waals surface area contributed by atoms with Crippen LogP contribution in [0.1, 0.15) is 24.3 Å². The van der Waals surface area contributed by atoms with Crippen molar-refractivity contribution in [3.63, 3.8) is 0 Å². The van der Waals surface area contributed by atoms with Crippen molar-refractivity contribution in [1.29, 1.82) is 0 Å². The average molecular weight is 342 g/mol. The molecule has 1 aromatic heterocycles. The van der Waals surface area contributed by atoms with Gasteiger partial charge < -0.3 is 4.74 Å². The van der Waals surface area contributed by atoms with Gasteiger partial charge in [0.15, 0.2) is 0 Å². The van der Waals surface area contributed by atoms with Crippen LogP contribution in [0.5, 0.6) is 0 Å². The number of methoxy groups -OCH3 is 1. The van der Waals surface area contributed by atoms with Crippen molar-refractivity contribution in [2.45, 2.75) is 23.6 Å². The van der Waals surface area contributed by atoms with E-state index in [4.69, 9.17) is 9.88 Å². The van der Waals surface area contributed by atoms with E-state index in [1.807, 2.05) is 0 Å². The summed E-state index contributed by atoms with van der Waals surface area (Å²) in [5.41, 5.74) is 0. The SMILES string of the molecule is COCCCS(=O)(=O)NC(C)c1ccc(S(N)(=O)=O)s1. The molecule has 1 unspecified atom stereocenters. The van der Waals surface area contributed by atoms with E-state index in [1.54, 1.807) is 13.0 Å². The molecule has 0 fully saturated rings. The number of hydrogen-bond donors (Lipinski definition) is 2. The van der Waals surface area contributed by atoms with Crippen LogP contribution in [0, 0.1) is 0 Å². The van der Waals surface area contributed by atoms with E-state index in [2.05, 4.69) is 4.72 Å². The highest BCUT2D eigenvalue weighted by atomic mass is 32.2. The summed E-state index contributed by atoms with van der Waals surface area (Å²) in [6.07, 6.45) is 0.394. The zero-order valence-electron chi connectivity index (χ0n) is 11.2. The Morgan fingerprint density at radius 1 is 1.35 bits per heavy atom. The molecule has 0 aromatic carbocycles. The molecule has 116 valence electrons. The molecule has 0 bridgehead atoms. The largest absolute Gasteiger partial charge is 0.385 e. The molecule has 0 amide bonds. The number of ether oxygens (including phenoxy) is 1. The zero-order valence-corrected chi connectivity index (χ0v) is 13.6. The number of sulfonamides is 2. The standard InChI is InChI=1S/C10H18N2O5S3/c1-8(12-19(13,14)7-3-6-17-2)9-4-5-10(18-9)20(11,15)16/h4-5,8,12H,3,6-7H2,1-2H3,(H2,11,15,16).